The van der Waals surface area contributed by atoms with Gasteiger partial charge in [0, 0.05) is 52.3 Å². The van der Waals surface area contributed by atoms with Crippen molar-refractivity contribution in [2.75, 3.05) is 11.6 Å². The van der Waals surface area contributed by atoms with Gasteiger partial charge >= 0.3 is 0 Å². The zero-order chi connectivity index (χ0) is 22.4. The first-order chi connectivity index (χ1) is 14.7. The monoisotopic (exact) mass is 451 g/mol. The molecule has 0 saturated carbocycles. The minimum Gasteiger partial charge on any atom is -0.326 e. The summed E-state index contributed by atoms with van der Waals surface area (Å²) in [6.45, 7) is 1.40. The number of halogens is 1. The number of hydrogen-bond donors (Lipinski definition) is 1. The van der Waals surface area contributed by atoms with Crippen LogP contribution in [0.3, 0.4) is 0 Å². The minimum atomic E-state index is -2.99. The number of benzene rings is 2. The highest BCUT2D eigenvalue weighted by Crippen LogP contribution is 2.17. The maximum atomic E-state index is 13.0. The Hall–Kier alpha value is -3.47. The van der Waals surface area contributed by atoms with E-state index < -0.39 is 15.6 Å². The summed E-state index contributed by atoms with van der Waals surface area (Å²) < 4.78 is 16.9. The molecule has 2 amide bonds. The molecule has 6 nitrogen and oxygen atoms in total. The molecule has 0 radical (unpaired) electrons. The molecule has 0 fully saturated rings. The van der Waals surface area contributed by atoms with E-state index in [1.807, 2.05) is 6.07 Å². The Balaban J connectivity index is 1.84. The molecule has 3 aromatic rings. The van der Waals surface area contributed by atoms with Gasteiger partial charge in [0.15, 0.2) is 0 Å². The highest BCUT2D eigenvalue weighted by atomic mass is 35.5. The number of pyridine rings is 1. The summed E-state index contributed by atoms with van der Waals surface area (Å²) in [6.07, 6.45) is 4.26. The summed E-state index contributed by atoms with van der Waals surface area (Å²) in [7, 11) is -2.99. The topological polar surface area (TPSA) is 88.5 Å². The molecular weight excluding hydrogens is 434 g/mol. The molecule has 3 rings (SSSR count). The molecule has 31 heavy (non-hydrogen) atoms. The van der Waals surface area contributed by atoms with Gasteiger partial charge in [-0.25, -0.2) is 4.21 Å². The second-order valence-corrected chi connectivity index (χ2v) is 9.32. The van der Waals surface area contributed by atoms with Gasteiger partial charge in [0.05, 0.1) is 15.3 Å². The normalized spacial score (nSPS) is 12.1. The summed E-state index contributed by atoms with van der Waals surface area (Å²) in [4.78, 5) is 28.1. The van der Waals surface area contributed by atoms with E-state index in [2.05, 4.69) is 26.5 Å². The van der Waals surface area contributed by atoms with E-state index in [9.17, 15) is 13.8 Å². The largest absolute Gasteiger partial charge is 0.326 e. The molecule has 0 saturated heterocycles. The molecule has 0 aliphatic rings. The van der Waals surface area contributed by atoms with Gasteiger partial charge in [-0.3, -0.25) is 14.6 Å². The van der Waals surface area contributed by atoms with Crippen molar-refractivity contribution in [3.8, 4) is 11.8 Å². The third kappa shape index (κ3) is 6.25. The Labute approximate surface area is 185 Å². The lowest BCUT2D eigenvalue weighted by atomic mass is 10.1. The van der Waals surface area contributed by atoms with Crippen LogP contribution in [0, 0.1) is 11.8 Å². The van der Waals surface area contributed by atoms with Gasteiger partial charge in [-0.1, -0.05) is 29.5 Å². The van der Waals surface area contributed by atoms with Crippen LogP contribution < -0.4 is 5.32 Å². The number of carbonyl (C=O) groups is 2. The average Bonchev–Trinajstić information content (AvgIpc) is 2.72. The van der Waals surface area contributed by atoms with Crippen LogP contribution in [0.5, 0.6) is 0 Å². The Kier molecular flexibility index (Phi) is 6.85. The van der Waals surface area contributed by atoms with Crippen LogP contribution in [0.4, 0.5) is 5.69 Å². The van der Waals surface area contributed by atoms with E-state index in [4.69, 9.17) is 11.6 Å². The molecular formula is C23H18ClN3O3S. The average molecular weight is 452 g/mol. The Morgan fingerprint density at radius 2 is 1.74 bits per heavy atom. The van der Waals surface area contributed by atoms with Crippen LogP contribution in [0.1, 0.15) is 28.4 Å². The minimum absolute atomic E-state index is 0.183. The second-order valence-electron chi connectivity index (χ2n) is 6.63. The highest BCUT2D eigenvalue weighted by molar-refractivity contribution is 7.93. The lowest BCUT2D eigenvalue weighted by Gasteiger charge is -2.06. The number of hydrogen-bond acceptors (Lipinski definition) is 4. The second kappa shape index (κ2) is 9.56. The van der Waals surface area contributed by atoms with Crippen LogP contribution in [0.2, 0.25) is 5.02 Å². The third-order valence-corrected chi connectivity index (χ3v) is 5.93. The van der Waals surface area contributed by atoms with Crippen molar-refractivity contribution in [1.82, 2.24) is 4.98 Å². The van der Waals surface area contributed by atoms with Gasteiger partial charge < -0.3 is 5.32 Å². The van der Waals surface area contributed by atoms with Crippen molar-refractivity contribution in [2.45, 2.75) is 11.8 Å². The van der Waals surface area contributed by atoms with E-state index in [-0.39, 0.29) is 11.5 Å². The number of nitrogens with one attached hydrogen (secondary N) is 1. The maximum Gasteiger partial charge on any atom is 0.286 e. The fourth-order valence-corrected chi connectivity index (χ4v) is 3.95. The molecule has 1 aromatic heterocycles. The van der Waals surface area contributed by atoms with E-state index >= 15 is 0 Å². The zero-order valence-corrected chi connectivity index (χ0v) is 18.3. The first-order valence-corrected chi connectivity index (χ1v) is 11.4. The lowest BCUT2D eigenvalue weighted by molar-refractivity contribution is -0.114. The van der Waals surface area contributed by atoms with Crippen molar-refractivity contribution in [3.63, 3.8) is 0 Å². The summed E-state index contributed by atoms with van der Waals surface area (Å²) in [5.74, 6) is 5.02. The molecule has 0 bridgehead atoms. The number of anilines is 1. The van der Waals surface area contributed by atoms with Crippen molar-refractivity contribution in [1.29, 1.82) is 0 Å². The molecule has 8 heteroatoms. The van der Waals surface area contributed by atoms with Gasteiger partial charge in [-0.2, -0.15) is 4.36 Å². The van der Waals surface area contributed by atoms with Crippen LogP contribution >= 0.6 is 11.6 Å². The fourth-order valence-electron chi connectivity index (χ4n) is 2.59. The summed E-state index contributed by atoms with van der Waals surface area (Å²) in [5.41, 5.74) is 1.99. The SMILES string of the molecule is CC(=O)Nc1ccc(S(C)(=O)=NC(=O)c2cncc(C#Cc3cccc(Cl)c3)c2)cc1. The van der Waals surface area contributed by atoms with E-state index in [1.54, 1.807) is 48.5 Å². The summed E-state index contributed by atoms with van der Waals surface area (Å²) >= 11 is 5.95. The van der Waals surface area contributed by atoms with Crippen LogP contribution in [-0.2, 0) is 14.5 Å². The molecule has 156 valence electrons. The van der Waals surface area contributed by atoms with Crippen molar-refractivity contribution in [2.24, 2.45) is 4.36 Å². The van der Waals surface area contributed by atoms with Gasteiger partial charge in [0.1, 0.15) is 0 Å². The number of amides is 2. The number of carbonyl (C=O) groups excluding carboxylic acids is 2. The molecule has 1 heterocycles. The van der Waals surface area contributed by atoms with Gasteiger partial charge in [-0.15, -0.1) is 0 Å². The van der Waals surface area contributed by atoms with Gasteiger partial charge in [-0.05, 0) is 48.5 Å². The molecule has 1 atom stereocenters. The molecule has 2 aromatic carbocycles. The lowest BCUT2D eigenvalue weighted by Crippen LogP contribution is -2.07. The fraction of sp³-hybridized carbons (Fsp3) is 0.0870. The first kappa shape index (κ1) is 22.2. The molecule has 0 spiro atoms. The number of nitrogens with zero attached hydrogens (tertiary/aromatic N) is 2. The molecule has 0 aliphatic carbocycles. The third-order valence-electron chi connectivity index (χ3n) is 4.03. The van der Waals surface area contributed by atoms with Crippen LogP contribution in [-0.4, -0.2) is 27.3 Å². The predicted octanol–water partition coefficient (Wildman–Crippen LogP) is 4.39. The molecule has 0 aliphatic heterocycles. The summed E-state index contributed by atoms with van der Waals surface area (Å²) in [6, 6.07) is 15.0. The molecule has 1 unspecified atom stereocenters. The number of aromatic nitrogens is 1. The van der Waals surface area contributed by atoms with Crippen molar-refractivity contribution >= 4 is 38.8 Å². The molecule has 1 N–H and O–H groups in total. The Morgan fingerprint density at radius 3 is 2.42 bits per heavy atom. The smallest absolute Gasteiger partial charge is 0.286 e. The predicted molar refractivity (Wildman–Crippen MR) is 122 cm³/mol. The van der Waals surface area contributed by atoms with E-state index in [0.29, 0.717) is 21.2 Å². The quantitative estimate of drug-likeness (QED) is 0.598. The van der Waals surface area contributed by atoms with Crippen LogP contribution in [0.15, 0.2) is 76.2 Å². The highest BCUT2D eigenvalue weighted by Gasteiger charge is 2.12. The number of rotatable bonds is 3. The van der Waals surface area contributed by atoms with E-state index in [0.717, 1.165) is 5.56 Å². The van der Waals surface area contributed by atoms with E-state index in [1.165, 1.54) is 25.6 Å². The summed E-state index contributed by atoms with van der Waals surface area (Å²) in [5, 5.41) is 3.20. The first-order valence-electron chi connectivity index (χ1n) is 9.10. The van der Waals surface area contributed by atoms with Crippen LogP contribution in [0.25, 0.3) is 0 Å². The Bertz CT molecular complexity index is 1330. The maximum absolute atomic E-state index is 13.0. The van der Waals surface area contributed by atoms with Crippen molar-refractivity contribution in [3.05, 3.63) is 88.7 Å². The van der Waals surface area contributed by atoms with Crippen molar-refractivity contribution < 1.29 is 13.8 Å². The van der Waals surface area contributed by atoms with Gasteiger partial charge in [0.2, 0.25) is 5.91 Å². The standard InChI is InChI=1S/C23H18ClN3O3S/c1-16(28)26-21-8-10-22(11-9-21)31(2,30)27-23(29)19-12-18(14-25-15-19)7-6-17-4-3-5-20(24)13-17/h3-5,8-15H,1-2H3,(H,26,28). The van der Waals surface area contributed by atoms with Gasteiger partial charge in [0.25, 0.3) is 5.91 Å². The zero-order valence-electron chi connectivity index (χ0n) is 16.8. The Morgan fingerprint density at radius 1 is 1.03 bits per heavy atom.